The second kappa shape index (κ2) is 9.48. The van der Waals surface area contributed by atoms with Gasteiger partial charge in [0.25, 0.3) is 0 Å². The van der Waals surface area contributed by atoms with E-state index in [9.17, 15) is 4.79 Å². The van der Waals surface area contributed by atoms with Crippen molar-refractivity contribution in [2.75, 3.05) is 13.2 Å². The predicted molar refractivity (Wildman–Crippen MR) is 107 cm³/mol. The van der Waals surface area contributed by atoms with Crippen molar-refractivity contribution in [3.63, 3.8) is 0 Å². The van der Waals surface area contributed by atoms with Crippen LogP contribution in [-0.2, 0) is 22.6 Å². The van der Waals surface area contributed by atoms with E-state index in [0.717, 1.165) is 11.0 Å². The number of carbonyl (C=O) groups excluding carboxylic acids is 1. The summed E-state index contributed by atoms with van der Waals surface area (Å²) >= 11 is 6.10. The zero-order chi connectivity index (χ0) is 18.5. The molecule has 27 heavy (non-hydrogen) atoms. The Kier molecular flexibility index (Phi) is 7.33. The molecular weight excluding hydrogens is 389 g/mol. The second-order valence-electron chi connectivity index (χ2n) is 5.63. The fraction of sp³-hybridized carbons (Fsp3) is 0.263. The summed E-state index contributed by atoms with van der Waals surface area (Å²) in [5, 5.41) is 9.01. The third kappa shape index (κ3) is 4.64. The Labute approximate surface area is 168 Å². The molecule has 1 heterocycles. The number of fused-ring (bicyclic) bond motifs is 1. The summed E-state index contributed by atoms with van der Waals surface area (Å²) < 4.78 is 14.2. The number of nitrogens with zero attached hydrogens (tertiary/aromatic N) is 2. The average Bonchev–Trinajstić information content (AvgIpc) is 2.89. The van der Waals surface area contributed by atoms with Gasteiger partial charge in [0.2, 0.25) is 5.62 Å². The number of carbonyl (C=O) groups is 1. The number of ether oxygens (including phenoxy) is 2. The summed E-state index contributed by atoms with van der Waals surface area (Å²) in [6, 6.07) is 14.9. The number of esters is 1. The molecule has 3 aromatic rings. The summed E-state index contributed by atoms with van der Waals surface area (Å²) in [4.78, 5) is 11.9. The molecule has 0 bridgehead atoms. The number of benzene rings is 2. The minimum absolute atomic E-state index is 0. The molecule has 0 saturated heterocycles. The maximum Gasteiger partial charge on any atom is 0.326 e. The van der Waals surface area contributed by atoms with Crippen molar-refractivity contribution in [3.05, 3.63) is 59.2 Å². The summed E-state index contributed by atoms with van der Waals surface area (Å²) in [6.45, 7) is 2.90. The van der Waals surface area contributed by atoms with Crippen LogP contribution in [0.1, 0.15) is 6.92 Å². The van der Waals surface area contributed by atoms with E-state index in [1.807, 2.05) is 41.0 Å². The van der Waals surface area contributed by atoms with E-state index in [2.05, 4.69) is 0 Å². The lowest BCUT2D eigenvalue weighted by atomic mass is 10.3. The van der Waals surface area contributed by atoms with Crippen LogP contribution in [0.15, 0.2) is 48.5 Å². The zero-order valence-corrected chi connectivity index (χ0v) is 16.4. The van der Waals surface area contributed by atoms with Crippen molar-refractivity contribution in [1.82, 2.24) is 9.13 Å². The highest BCUT2D eigenvalue weighted by Gasteiger charge is 2.14. The minimum atomic E-state index is -0.360. The SMILES string of the molecule is CCOC(=O)Cn1c(=N)n(CCOc2ccccc2Cl)c2ccccc21.Cl. The van der Waals surface area contributed by atoms with E-state index < -0.39 is 0 Å². The molecule has 0 fully saturated rings. The fourth-order valence-corrected chi connectivity index (χ4v) is 3.02. The van der Waals surface area contributed by atoms with Gasteiger partial charge in [0.05, 0.1) is 29.2 Å². The van der Waals surface area contributed by atoms with Gasteiger partial charge in [0, 0.05) is 0 Å². The highest BCUT2D eigenvalue weighted by Crippen LogP contribution is 2.23. The zero-order valence-electron chi connectivity index (χ0n) is 14.9. The number of halogens is 2. The summed E-state index contributed by atoms with van der Waals surface area (Å²) in [7, 11) is 0. The van der Waals surface area contributed by atoms with Crippen molar-refractivity contribution in [2.24, 2.45) is 0 Å². The third-order valence-electron chi connectivity index (χ3n) is 3.98. The van der Waals surface area contributed by atoms with Gasteiger partial charge in [-0.15, -0.1) is 12.4 Å². The highest BCUT2D eigenvalue weighted by molar-refractivity contribution is 6.32. The molecule has 1 N–H and O–H groups in total. The van der Waals surface area contributed by atoms with Crippen molar-refractivity contribution in [1.29, 1.82) is 5.41 Å². The molecule has 0 amide bonds. The van der Waals surface area contributed by atoms with Crippen molar-refractivity contribution < 1.29 is 14.3 Å². The molecular formula is C19H21Cl2N3O3. The van der Waals surface area contributed by atoms with E-state index in [1.165, 1.54) is 0 Å². The van der Waals surface area contributed by atoms with Crippen LogP contribution in [0, 0.1) is 5.41 Å². The minimum Gasteiger partial charge on any atom is -0.490 e. The van der Waals surface area contributed by atoms with Gasteiger partial charge in [-0.3, -0.25) is 14.8 Å². The van der Waals surface area contributed by atoms with E-state index in [0.29, 0.717) is 30.5 Å². The second-order valence-corrected chi connectivity index (χ2v) is 6.04. The van der Waals surface area contributed by atoms with Gasteiger partial charge in [-0.25, -0.2) is 0 Å². The first-order valence-electron chi connectivity index (χ1n) is 8.37. The summed E-state index contributed by atoms with van der Waals surface area (Å²) in [5.41, 5.74) is 1.90. The Hall–Kier alpha value is -2.44. The Bertz CT molecular complexity index is 982. The molecule has 144 valence electrons. The number of aromatic nitrogens is 2. The third-order valence-corrected chi connectivity index (χ3v) is 4.29. The molecule has 0 spiro atoms. The smallest absolute Gasteiger partial charge is 0.326 e. The standard InChI is InChI=1S/C19H20ClN3O3.ClH/c1-2-25-18(24)13-23-16-9-5-4-8-15(16)22(19(23)21)11-12-26-17-10-6-3-7-14(17)20;/h3-10,21H,2,11-13H2,1H3;1H. The normalized spacial score (nSPS) is 10.4. The molecule has 0 unspecified atom stereocenters. The topological polar surface area (TPSA) is 69.2 Å². The Morgan fingerprint density at radius 2 is 1.70 bits per heavy atom. The van der Waals surface area contributed by atoms with Crippen molar-refractivity contribution >= 4 is 41.0 Å². The van der Waals surface area contributed by atoms with Crippen LogP contribution in [0.4, 0.5) is 0 Å². The number of nitrogens with one attached hydrogen (secondary N) is 1. The maximum absolute atomic E-state index is 11.9. The lowest BCUT2D eigenvalue weighted by molar-refractivity contribution is -0.143. The van der Waals surface area contributed by atoms with Crippen LogP contribution in [0.2, 0.25) is 5.02 Å². The van der Waals surface area contributed by atoms with Gasteiger partial charge >= 0.3 is 5.97 Å². The number of imidazole rings is 1. The van der Waals surface area contributed by atoms with E-state index in [1.54, 1.807) is 23.6 Å². The molecule has 1 aromatic heterocycles. The van der Waals surface area contributed by atoms with Gasteiger partial charge < -0.3 is 14.0 Å². The quantitative estimate of drug-likeness (QED) is 0.605. The molecule has 3 rings (SSSR count). The van der Waals surface area contributed by atoms with Crippen LogP contribution in [-0.4, -0.2) is 28.3 Å². The van der Waals surface area contributed by atoms with Crippen molar-refractivity contribution in [3.8, 4) is 5.75 Å². The lowest BCUT2D eigenvalue weighted by Gasteiger charge is -2.09. The predicted octanol–water partition coefficient (Wildman–Crippen LogP) is 3.64. The van der Waals surface area contributed by atoms with Gasteiger partial charge in [0.1, 0.15) is 18.9 Å². The van der Waals surface area contributed by atoms with Gasteiger partial charge in [0.15, 0.2) is 0 Å². The molecule has 0 radical (unpaired) electrons. The summed E-state index contributed by atoms with van der Waals surface area (Å²) in [5.74, 6) is 0.248. The van der Waals surface area contributed by atoms with Crippen LogP contribution >= 0.6 is 24.0 Å². The monoisotopic (exact) mass is 409 g/mol. The first-order valence-corrected chi connectivity index (χ1v) is 8.75. The van der Waals surface area contributed by atoms with Gasteiger partial charge in [-0.05, 0) is 31.2 Å². The molecule has 0 aliphatic rings. The van der Waals surface area contributed by atoms with E-state index >= 15 is 0 Å². The highest BCUT2D eigenvalue weighted by atomic mass is 35.5. The number of hydrogen-bond acceptors (Lipinski definition) is 4. The largest absolute Gasteiger partial charge is 0.490 e. The lowest BCUT2D eigenvalue weighted by Crippen LogP contribution is -2.29. The first-order chi connectivity index (χ1) is 12.6. The summed E-state index contributed by atoms with van der Waals surface area (Å²) in [6.07, 6.45) is 0. The molecule has 0 atom stereocenters. The van der Waals surface area contributed by atoms with Crippen LogP contribution in [0.3, 0.4) is 0 Å². The Balaban J connectivity index is 0.00000261. The average molecular weight is 410 g/mol. The maximum atomic E-state index is 11.9. The van der Waals surface area contributed by atoms with Crippen LogP contribution < -0.4 is 10.4 Å². The molecule has 6 nitrogen and oxygen atoms in total. The fourth-order valence-electron chi connectivity index (χ4n) is 2.83. The number of rotatable bonds is 7. The number of para-hydroxylation sites is 3. The Morgan fingerprint density at radius 1 is 1.07 bits per heavy atom. The van der Waals surface area contributed by atoms with Crippen LogP contribution in [0.25, 0.3) is 11.0 Å². The Morgan fingerprint density at radius 3 is 2.37 bits per heavy atom. The van der Waals surface area contributed by atoms with E-state index in [4.69, 9.17) is 26.5 Å². The molecule has 0 aliphatic heterocycles. The van der Waals surface area contributed by atoms with Crippen molar-refractivity contribution in [2.45, 2.75) is 20.0 Å². The molecule has 0 saturated carbocycles. The molecule has 2 aromatic carbocycles. The molecule has 0 aliphatic carbocycles. The number of hydrogen-bond donors (Lipinski definition) is 1. The van der Waals surface area contributed by atoms with Gasteiger partial charge in [-0.1, -0.05) is 35.9 Å². The van der Waals surface area contributed by atoms with E-state index in [-0.39, 0.29) is 30.5 Å². The first kappa shape index (κ1) is 20.9. The molecule has 8 heteroatoms. The van der Waals surface area contributed by atoms with Crippen LogP contribution in [0.5, 0.6) is 5.75 Å². The van der Waals surface area contributed by atoms with Gasteiger partial charge in [-0.2, -0.15) is 0 Å².